The van der Waals surface area contributed by atoms with Crippen molar-refractivity contribution in [3.63, 3.8) is 0 Å². The van der Waals surface area contributed by atoms with E-state index in [0.29, 0.717) is 0 Å². The van der Waals surface area contributed by atoms with E-state index in [-0.39, 0.29) is 6.61 Å². The third-order valence-electron chi connectivity index (χ3n) is 2.73. The van der Waals surface area contributed by atoms with E-state index in [1.54, 1.807) is 0 Å². The fourth-order valence-electron chi connectivity index (χ4n) is 1.94. The van der Waals surface area contributed by atoms with E-state index in [9.17, 15) is 14.4 Å². The highest BCUT2D eigenvalue weighted by Crippen LogP contribution is 2.27. The summed E-state index contributed by atoms with van der Waals surface area (Å²) in [6, 6.07) is 0.393. The highest BCUT2D eigenvalue weighted by Gasteiger charge is 2.41. The molecular weight excluding hydrogens is 270 g/mol. The smallest absolute Gasteiger partial charge is 0.330 e. The van der Waals surface area contributed by atoms with Gasteiger partial charge < -0.3 is 9.47 Å². The summed E-state index contributed by atoms with van der Waals surface area (Å²) >= 11 is 0. The minimum atomic E-state index is -0.959. The molecule has 0 aromatic carbocycles. The number of H-pyrrole nitrogens is 1. The second kappa shape index (κ2) is 5.59. The molecule has 1 fully saturated rings. The molecule has 1 aliphatic rings. The maximum Gasteiger partial charge on any atom is 0.330 e. The van der Waals surface area contributed by atoms with Crippen LogP contribution >= 0.6 is 0 Å². The van der Waals surface area contributed by atoms with Gasteiger partial charge in [-0.05, 0) is 5.53 Å². The normalized spacial score (nSPS) is 24.9. The Morgan fingerprint density at radius 3 is 3.00 bits per heavy atom. The van der Waals surface area contributed by atoms with E-state index < -0.39 is 35.6 Å². The van der Waals surface area contributed by atoms with Gasteiger partial charge in [-0.25, -0.2) is 4.79 Å². The highest BCUT2D eigenvalue weighted by atomic mass is 16.6. The molecule has 1 aromatic heterocycles. The van der Waals surface area contributed by atoms with Gasteiger partial charge in [-0.3, -0.25) is 19.1 Å². The third-order valence-corrected chi connectivity index (χ3v) is 2.73. The molecule has 0 spiro atoms. The Kier molecular flexibility index (Phi) is 3.87. The Balaban J connectivity index is 2.38. The predicted octanol–water partition coefficient (Wildman–Crippen LogP) is -0.324. The summed E-state index contributed by atoms with van der Waals surface area (Å²) in [6.45, 7) is 1.19. The molecule has 0 radical (unpaired) electrons. The van der Waals surface area contributed by atoms with Gasteiger partial charge in [0.05, 0.1) is 6.61 Å². The van der Waals surface area contributed by atoms with Gasteiger partial charge in [-0.15, -0.1) is 0 Å². The number of aromatic amines is 1. The van der Waals surface area contributed by atoms with E-state index in [4.69, 9.17) is 15.0 Å². The van der Waals surface area contributed by atoms with Crippen LogP contribution in [-0.4, -0.2) is 34.3 Å². The van der Waals surface area contributed by atoms with E-state index in [0.717, 1.165) is 10.6 Å². The zero-order chi connectivity index (χ0) is 14.7. The first-order chi connectivity index (χ1) is 9.52. The van der Waals surface area contributed by atoms with Gasteiger partial charge >= 0.3 is 11.7 Å². The number of carbonyl (C=O) groups is 1. The van der Waals surface area contributed by atoms with Gasteiger partial charge in [0, 0.05) is 24.1 Å². The lowest BCUT2D eigenvalue weighted by atomic mass is 10.2. The van der Waals surface area contributed by atoms with Crippen molar-refractivity contribution in [2.45, 2.75) is 25.3 Å². The number of hydrogen-bond acceptors (Lipinski definition) is 6. The lowest BCUT2D eigenvalue weighted by molar-refractivity contribution is -0.152. The molecule has 0 bridgehead atoms. The fraction of sp³-hybridized carbons (Fsp3) is 0.500. The lowest BCUT2D eigenvalue weighted by Gasteiger charge is -2.21. The molecular formula is C10H11N5O5. The van der Waals surface area contributed by atoms with Crippen LogP contribution in [0.4, 0.5) is 0 Å². The van der Waals surface area contributed by atoms with Crippen LogP contribution in [0.5, 0.6) is 0 Å². The Hall–Kier alpha value is -2.58. The number of hydrogen-bond donors (Lipinski definition) is 1. The minimum Gasteiger partial charge on any atom is -0.457 e. The van der Waals surface area contributed by atoms with Crippen LogP contribution in [-0.2, 0) is 14.3 Å². The molecule has 1 aromatic rings. The highest BCUT2D eigenvalue weighted by molar-refractivity contribution is 5.66. The summed E-state index contributed by atoms with van der Waals surface area (Å²) in [5, 5.41) is 3.47. The van der Waals surface area contributed by atoms with Crippen molar-refractivity contribution in [2.24, 2.45) is 5.11 Å². The summed E-state index contributed by atoms with van der Waals surface area (Å²) in [5.41, 5.74) is 7.21. The first-order valence-corrected chi connectivity index (χ1v) is 5.67. The molecule has 0 aliphatic carbocycles. The van der Waals surface area contributed by atoms with E-state index >= 15 is 0 Å². The van der Waals surface area contributed by atoms with Crippen LogP contribution in [0.3, 0.4) is 0 Å². The second-order valence-corrected chi connectivity index (χ2v) is 4.09. The molecule has 3 atom stereocenters. The first-order valence-electron chi connectivity index (χ1n) is 5.67. The number of azide groups is 1. The zero-order valence-electron chi connectivity index (χ0n) is 10.4. The molecule has 0 saturated carbocycles. The quantitative estimate of drug-likeness (QED) is 0.350. The first kappa shape index (κ1) is 13.8. The summed E-state index contributed by atoms with van der Waals surface area (Å²) in [6.07, 6.45) is -0.674. The van der Waals surface area contributed by atoms with Crippen molar-refractivity contribution in [1.82, 2.24) is 9.55 Å². The molecule has 106 valence electrons. The number of rotatable bonds is 3. The molecule has 1 saturated heterocycles. The van der Waals surface area contributed by atoms with E-state index in [2.05, 4.69) is 15.0 Å². The predicted molar refractivity (Wildman–Crippen MR) is 64.8 cm³/mol. The van der Waals surface area contributed by atoms with Crippen molar-refractivity contribution in [3.05, 3.63) is 43.5 Å². The van der Waals surface area contributed by atoms with Crippen molar-refractivity contribution in [1.29, 1.82) is 0 Å². The maximum atomic E-state index is 11.7. The van der Waals surface area contributed by atoms with Crippen molar-refractivity contribution in [3.8, 4) is 0 Å². The summed E-state index contributed by atoms with van der Waals surface area (Å²) in [4.78, 5) is 38.5. The number of esters is 1. The zero-order valence-corrected chi connectivity index (χ0v) is 10.4. The van der Waals surface area contributed by atoms with Crippen LogP contribution in [0, 0.1) is 0 Å². The monoisotopic (exact) mass is 281 g/mol. The van der Waals surface area contributed by atoms with Crippen LogP contribution in [0.2, 0.25) is 0 Å². The number of ether oxygens (including phenoxy) is 2. The molecule has 0 amide bonds. The van der Waals surface area contributed by atoms with Gasteiger partial charge in [-0.1, -0.05) is 5.11 Å². The Morgan fingerprint density at radius 2 is 2.40 bits per heavy atom. The van der Waals surface area contributed by atoms with Crippen molar-refractivity contribution in [2.75, 3.05) is 6.61 Å². The van der Waals surface area contributed by atoms with E-state index in [1.807, 2.05) is 0 Å². The van der Waals surface area contributed by atoms with Crippen molar-refractivity contribution < 1.29 is 14.3 Å². The van der Waals surface area contributed by atoms with Gasteiger partial charge in [-0.2, -0.15) is 0 Å². The Morgan fingerprint density at radius 1 is 1.65 bits per heavy atom. The molecule has 1 aliphatic heterocycles. The average molecular weight is 281 g/mol. The SMILES string of the molecule is CC(=O)O[C@@H]1[C@@H](N=[N+]=[N-])CO[C@H]1n1ccc(=O)[nH]c1=O. The fourth-order valence-corrected chi connectivity index (χ4v) is 1.94. The van der Waals surface area contributed by atoms with Crippen LogP contribution in [0.15, 0.2) is 27.0 Å². The molecule has 10 nitrogen and oxygen atoms in total. The molecule has 10 heteroatoms. The van der Waals surface area contributed by atoms with Crippen LogP contribution in [0.1, 0.15) is 13.2 Å². The van der Waals surface area contributed by atoms with Crippen LogP contribution < -0.4 is 11.2 Å². The van der Waals surface area contributed by atoms with Gasteiger partial charge in [0.2, 0.25) is 0 Å². The summed E-state index contributed by atoms with van der Waals surface area (Å²) < 4.78 is 11.5. The second-order valence-electron chi connectivity index (χ2n) is 4.09. The Bertz CT molecular complexity index is 673. The lowest BCUT2D eigenvalue weighted by Crippen LogP contribution is -2.38. The standard InChI is InChI=1S/C10H11N5O5/c1-5(16)20-8-6(13-14-11)4-19-9(8)15-3-2-7(17)12-10(15)18/h2-3,6,8-9H,4H2,1H3,(H,12,17,18)/t6-,8+,9+/m0/s1. The summed E-state index contributed by atoms with van der Waals surface area (Å²) in [5.74, 6) is -0.596. The molecule has 0 unspecified atom stereocenters. The maximum absolute atomic E-state index is 11.7. The topological polar surface area (TPSA) is 139 Å². The van der Waals surface area contributed by atoms with Gasteiger partial charge in [0.1, 0.15) is 6.04 Å². The van der Waals surface area contributed by atoms with Crippen LogP contribution in [0.25, 0.3) is 10.4 Å². The summed E-state index contributed by atoms with van der Waals surface area (Å²) in [7, 11) is 0. The molecule has 2 heterocycles. The molecule has 20 heavy (non-hydrogen) atoms. The molecule has 2 rings (SSSR count). The number of carbonyl (C=O) groups excluding carboxylic acids is 1. The number of aromatic nitrogens is 2. The minimum absolute atomic E-state index is 0.00175. The van der Waals surface area contributed by atoms with Gasteiger partial charge in [0.25, 0.3) is 5.56 Å². The largest absolute Gasteiger partial charge is 0.457 e. The number of nitrogens with one attached hydrogen (secondary N) is 1. The Labute approximate surface area is 111 Å². The van der Waals surface area contributed by atoms with Crippen molar-refractivity contribution >= 4 is 5.97 Å². The van der Waals surface area contributed by atoms with Gasteiger partial charge in [0.15, 0.2) is 12.3 Å². The number of nitrogens with zero attached hydrogens (tertiary/aromatic N) is 4. The average Bonchev–Trinajstić information content (AvgIpc) is 2.73. The molecule has 1 N–H and O–H groups in total. The third kappa shape index (κ3) is 2.71. The van der Waals surface area contributed by atoms with E-state index in [1.165, 1.54) is 13.1 Å².